The zero-order valence-corrected chi connectivity index (χ0v) is 16.8. The second-order valence-corrected chi connectivity index (χ2v) is 7.71. The van der Waals surface area contributed by atoms with E-state index in [9.17, 15) is 14.4 Å². The number of nitrogens with one attached hydrogen (secondary N) is 3. The van der Waals surface area contributed by atoms with Gasteiger partial charge in [0.15, 0.2) is 0 Å². The Labute approximate surface area is 152 Å². The molecule has 25 heavy (non-hydrogen) atoms. The summed E-state index contributed by atoms with van der Waals surface area (Å²) in [5.74, 6) is 0.680. The summed E-state index contributed by atoms with van der Waals surface area (Å²) >= 11 is 0. The lowest BCUT2D eigenvalue weighted by Crippen LogP contribution is -2.40. The zero-order chi connectivity index (χ0) is 19.4. The lowest BCUT2D eigenvalue weighted by Gasteiger charge is -2.22. The van der Waals surface area contributed by atoms with Gasteiger partial charge in [-0.2, -0.15) is 0 Å². The molecule has 0 heterocycles. The molecule has 0 spiro atoms. The Morgan fingerprint density at radius 1 is 0.720 bits per heavy atom. The molecular formula is C19H37N3O3. The van der Waals surface area contributed by atoms with E-state index in [1.165, 1.54) is 0 Å². The Hall–Kier alpha value is -1.59. The smallest absolute Gasteiger partial charge is 0.221 e. The Balaban J connectivity index is 4.10. The fraction of sp³-hybridized carbons (Fsp3) is 0.842. The van der Waals surface area contributed by atoms with Gasteiger partial charge in [-0.1, -0.05) is 27.7 Å². The number of carbonyl (C=O) groups is 3. The van der Waals surface area contributed by atoms with Crippen molar-refractivity contribution >= 4 is 17.7 Å². The molecule has 0 fully saturated rings. The number of hydrogen-bond acceptors (Lipinski definition) is 3. The van der Waals surface area contributed by atoms with Gasteiger partial charge < -0.3 is 16.0 Å². The molecule has 0 aromatic heterocycles. The van der Waals surface area contributed by atoms with E-state index < -0.39 is 0 Å². The summed E-state index contributed by atoms with van der Waals surface area (Å²) in [6.45, 7) is 12.4. The van der Waals surface area contributed by atoms with Crippen molar-refractivity contribution < 1.29 is 14.4 Å². The Kier molecular flexibility index (Phi) is 11.9. The molecule has 1 unspecified atom stereocenters. The highest BCUT2D eigenvalue weighted by Gasteiger charge is 2.17. The minimum Gasteiger partial charge on any atom is -0.356 e. The molecular weight excluding hydrogens is 318 g/mol. The molecule has 0 radical (unpaired) electrons. The van der Waals surface area contributed by atoms with Gasteiger partial charge in [-0.25, -0.2) is 0 Å². The van der Waals surface area contributed by atoms with E-state index in [0.29, 0.717) is 31.7 Å². The summed E-state index contributed by atoms with van der Waals surface area (Å²) in [6, 6.07) is 0.101. The number of rotatable bonds is 12. The number of carbonyl (C=O) groups excluding carboxylic acids is 3. The molecule has 0 bridgehead atoms. The average molecular weight is 356 g/mol. The number of hydrogen-bond donors (Lipinski definition) is 3. The predicted octanol–water partition coefficient (Wildman–Crippen LogP) is 2.37. The van der Waals surface area contributed by atoms with Crippen LogP contribution in [0.3, 0.4) is 0 Å². The van der Waals surface area contributed by atoms with Crippen LogP contribution in [0.2, 0.25) is 0 Å². The van der Waals surface area contributed by atoms with Crippen molar-refractivity contribution in [3.8, 4) is 0 Å². The first-order valence-electron chi connectivity index (χ1n) is 9.47. The molecule has 0 saturated heterocycles. The summed E-state index contributed by atoms with van der Waals surface area (Å²) in [7, 11) is 0. The molecule has 1 atom stereocenters. The van der Waals surface area contributed by atoms with E-state index >= 15 is 0 Å². The third kappa shape index (κ3) is 13.4. The van der Waals surface area contributed by atoms with Crippen LogP contribution in [0.5, 0.6) is 0 Å². The van der Waals surface area contributed by atoms with Crippen molar-refractivity contribution in [3.63, 3.8) is 0 Å². The Morgan fingerprint density at radius 2 is 1.28 bits per heavy atom. The topological polar surface area (TPSA) is 87.3 Å². The first kappa shape index (κ1) is 23.4. The van der Waals surface area contributed by atoms with Gasteiger partial charge in [0, 0.05) is 37.9 Å². The van der Waals surface area contributed by atoms with Crippen LogP contribution in [-0.4, -0.2) is 36.3 Å². The highest BCUT2D eigenvalue weighted by atomic mass is 16.2. The van der Waals surface area contributed by atoms with Crippen LogP contribution in [0, 0.1) is 11.8 Å². The van der Waals surface area contributed by atoms with Crippen molar-refractivity contribution in [1.82, 2.24) is 16.0 Å². The highest BCUT2D eigenvalue weighted by Crippen LogP contribution is 2.10. The van der Waals surface area contributed by atoms with Gasteiger partial charge in [-0.05, 0) is 38.5 Å². The van der Waals surface area contributed by atoms with E-state index in [4.69, 9.17) is 0 Å². The molecule has 6 heteroatoms. The van der Waals surface area contributed by atoms with Gasteiger partial charge >= 0.3 is 0 Å². The van der Waals surface area contributed by atoms with E-state index in [1.807, 2.05) is 27.7 Å². The van der Waals surface area contributed by atoms with Gasteiger partial charge in [-0.15, -0.1) is 0 Å². The monoisotopic (exact) mass is 355 g/mol. The first-order chi connectivity index (χ1) is 11.6. The van der Waals surface area contributed by atoms with E-state index in [1.54, 1.807) is 0 Å². The van der Waals surface area contributed by atoms with Crippen LogP contribution < -0.4 is 16.0 Å². The van der Waals surface area contributed by atoms with Crippen molar-refractivity contribution in [1.29, 1.82) is 0 Å². The van der Waals surface area contributed by atoms with Crippen molar-refractivity contribution in [2.75, 3.05) is 6.54 Å². The van der Waals surface area contributed by atoms with Crippen molar-refractivity contribution in [2.45, 2.75) is 85.7 Å². The quantitative estimate of drug-likeness (QED) is 0.502. The summed E-state index contributed by atoms with van der Waals surface area (Å²) in [4.78, 5) is 35.4. The molecule has 146 valence electrons. The van der Waals surface area contributed by atoms with Crippen LogP contribution >= 0.6 is 0 Å². The summed E-state index contributed by atoms with van der Waals surface area (Å²) in [6.07, 6.45) is 2.63. The van der Waals surface area contributed by atoms with Crippen LogP contribution in [0.15, 0.2) is 0 Å². The second kappa shape index (κ2) is 12.7. The van der Waals surface area contributed by atoms with E-state index in [2.05, 4.69) is 29.8 Å². The van der Waals surface area contributed by atoms with Crippen LogP contribution in [0.1, 0.15) is 73.6 Å². The average Bonchev–Trinajstić information content (AvgIpc) is 2.48. The van der Waals surface area contributed by atoms with Gasteiger partial charge in [0.1, 0.15) is 0 Å². The first-order valence-corrected chi connectivity index (χ1v) is 9.47. The van der Waals surface area contributed by atoms with E-state index in [-0.39, 0.29) is 42.1 Å². The maximum absolute atomic E-state index is 12.0. The molecule has 3 amide bonds. The SMILES string of the molecule is CC(C)CCC(=O)NC(CCC(=O)NCCC(=O)NC(C)C)C(C)C. The fourth-order valence-electron chi connectivity index (χ4n) is 2.36. The van der Waals surface area contributed by atoms with E-state index in [0.717, 1.165) is 6.42 Å². The maximum Gasteiger partial charge on any atom is 0.221 e. The van der Waals surface area contributed by atoms with Crippen molar-refractivity contribution in [3.05, 3.63) is 0 Å². The van der Waals surface area contributed by atoms with Crippen LogP contribution in [0.4, 0.5) is 0 Å². The molecule has 0 aliphatic carbocycles. The van der Waals surface area contributed by atoms with Crippen LogP contribution in [-0.2, 0) is 14.4 Å². The van der Waals surface area contributed by atoms with Crippen molar-refractivity contribution in [2.24, 2.45) is 11.8 Å². The predicted molar refractivity (Wildman–Crippen MR) is 101 cm³/mol. The minimum atomic E-state index is -0.0839. The third-order valence-corrected chi connectivity index (χ3v) is 3.91. The van der Waals surface area contributed by atoms with Crippen LogP contribution in [0.25, 0.3) is 0 Å². The third-order valence-electron chi connectivity index (χ3n) is 3.91. The minimum absolute atomic E-state index is 0.00495. The zero-order valence-electron chi connectivity index (χ0n) is 16.8. The normalized spacial score (nSPS) is 12.4. The van der Waals surface area contributed by atoms with Gasteiger partial charge in [0.2, 0.25) is 17.7 Å². The Bertz CT molecular complexity index is 420. The maximum atomic E-state index is 12.0. The number of amides is 3. The molecule has 0 aliphatic heterocycles. The molecule has 0 saturated carbocycles. The lowest BCUT2D eigenvalue weighted by molar-refractivity contribution is -0.124. The highest BCUT2D eigenvalue weighted by molar-refractivity contribution is 5.79. The molecule has 6 nitrogen and oxygen atoms in total. The largest absolute Gasteiger partial charge is 0.356 e. The molecule has 0 aromatic carbocycles. The molecule has 0 rings (SSSR count). The van der Waals surface area contributed by atoms with Gasteiger partial charge in [0.25, 0.3) is 0 Å². The molecule has 0 aliphatic rings. The second-order valence-electron chi connectivity index (χ2n) is 7.71. The lowest BCUT2D eigenvalue weighted by atomic mass is 9.98. The van der Waals surface area contributed by atoms with Gasteiger partial charge in [-0.3, -0.25) is 14.4 Å². The molecule has 0 aromatic rings. The molecule has 3 N–H and O–H groups in total. The Morgan fingerprint density at radius 3 is 1.80 bits per heavy atom. The standard InChI is InChI=1S/C19H37N3O3/c1-13(2)7-9-18(24)22-16(14(3)4)8-10-17(23)20-12-11-19(25)21-15(5)6/h13-16H,7-12H2,1-6H3,(H,20,23)(H,21,25)(H,22,24). The summed E-state index contributed by atoms with van der Waals surface area (Å²) < 4.78 is 0. The van der Waals surface area contributed by atoms with Gasteiger partial charge in [0.05, 0.1) is 0 Å². The fourth-order valence-corrected chi connectivity index (χ4v) is 2.36. The summed E-state index contributed by atoms with van der Waals surface area (Å²) in [5.41, 5.74) is 0. The summed E-state index contributed by atoms with van der Waals surface area (Å²) in [5, 5.41) is 8.59.